The minimum absolute atomic E-state index is 0.00973. The van der Waals surface area contributed by atoms with E-state index < -0.39 is 28.9 Å². The monoisotopic (exact) mass is 462 g/mol. The summed E-state index contributed by atoms with van der Waals surface area (Å²) in [4.78, 5) is 22.9. The molecule has 0 fully saturated rings. The van der Waals surface area contributed by atoms with Crippen LogP contribution in [0.5, 0.6) is 11.5 Å². The number of carbonyl (C=O) groups excluding carboxylic acids is 1. The normalized spacial score (nSPS) is 18.6. The Hall–Kier alpha value is -3.13. The third kappa shape index (κ3) is 5.45. The van der Waals surface area contributed by atoms with E-state index in [1.54, 1.807) is 38.1 Å². The number of benzene rings is 2. The van der Waals surface area contributed by atoms with Crippen LogP contribution in [0.15, 0.2) is 42.5 Å². The van der Waals surface area contributed by atoms with Gasteiger partial charge in [0.25, 0.3) is 0 Å². The fourth-order valence-corrected chi connectivity index (χ4v) is 3.62. The molecule has 1 heterocycles. The molecule has 1 aliphatic heterocycles. The molecule has 0 aliphatic carbocycles. The number of hydrogen-bond donors (Lipinski definition) is 3. The number of carboxylic acid groups (broad SMARTS) is 1. The van der Waals surface area contributed by atoms with Crippen LogP contribution in [0.2, 0.25) is 0 Å². The summed E-state index contributed by atoms with van der Waals surface area (Å²) in [6.07, 6.45) is 0.202. The summed E-state index contributed by atoms with van der Waals surface area (Å²) in [6, 6.07) is 10.7. The molecule has 2 aromatic rings. The molecule has 1 aliphatic rings. The molecule has 0 bridgehead atoms. The molecule has 3 N–H and O–H groups in total. The van der Waals surface area contributed by atoms with Gasteiger partial charge in [0.05, 0.1) is 7.11 Å². The standard InChI is InChI=1S/C13H16O4.C12H15FO3/c1-8(2)13(12(15)16-3)7-9-6-10(14)4-5-11(9)17-13;1-8(2)12(16,11(14)15)7-9-5-3-4-6-10(9)13/h4-6,8,14H,7H2,1-3H3;3-6,8,16H,7H2,1-2H3,(H,14,15). The van der Waals surface area contributed by atoms with Crippen molar-refractivity contribution in [1.82, 2.24) is 0 Å². The van der Waals surface area contributed by atoms with Gasteiger partial charge < -0.3 is 24.8 Å². The zero-order chi connectivity index (χ0) is 25.0. The lowest BCUT2D eigenvalue weighted by Crippen LogP contribution is -2.49. The highest BCUT2D eigenvalue weighted by Crippen LogP contribution is 2.41. The number of ether oxygens (including phenoxy) is 2. The first-order chi connectivity index (χ1) is 15.4. The number of phenolic OH excluding ortho intramolecular Hbond substituents is 1. The number of fused-ring (bicyclic) bond motifs is 1. The quantitative estimate of drug-likeness (QED) is 0.561. The van der Waals surface area contributed by atoms with Crippen molar-refractivity contribution in [2.75, 3.05) is 7.11 Å². The van der Waals surface area contributed by atoms with Crippen LogP contribution in [0.25, 0.3) is 0 Å². The van der Waals surface area contributed by atoms with Gasteiger partial charge in [-0.3, -0.25) is 0 Å². The molecule has 2 atom stereocenters. The van der Waals surface area contributed by atoms with Crippen LogP contribution in [0.3, 0.4) is 0 Å². The average Bonchev–Trinajstić information content (AvgIpc) is 3.15. The highest BCUT2D eigenvalue weighted by Gasteiger charge is 2.50. The lowest BCUT2D eigenvalue weighted by Gasteiger charge is -2.29. The second kappa shape index (κ2) is 10.2. The topological polar surface area (TPSA) is 113 Å². The van der Waals surface area contributed by atoms with Crippen LogP contribution < -0.4 is 4.74 Å². The van der Waals surface area contributed by atoms with Crippen molar-refractivity contribution < 1.29 is 38.8 Å². The van der Waals surface area contributed by atoms with Gasteiger partial charge in [-0.25, -0.2) is 14.0 Å². The number of halogens is 1. The first-order valence-electron chi connectivity index (χ1n) is 10.7. The number of carboxylic acids is 1. The molecule has 7 nitrogen and oxygen atoms in total. The number of aliphatic hydroxyl groups is 1. The van der Waals surface area contributed by atoms with E-state index in [9.17, 15) is 24.2 Å². The predicted molar refractivity (Wildman–Crippen MR) is 120 cm³/mol. The van der Waals surface area contributed by atoms with Gasteiger partial charge >= 0.3 is 11.9 Å². The minimum Gasteiger partial charge on any atom is -0.508 e. The average molecular weight is 463 g/mol. The summed E-state index contributed by atoms with van der Waals surface area (Å²) in [6.45, 7) is 7.02. The zero-order valence-corrected chi connectivity index (χ0v) is 19.5. The number of aliphatic carboxylic acids is 1. The molecule has 33 heavy (non-hydrogen) atoms. The number of carbonyl (C=O) groups is 2. The third-order valence-corrected chi connectivity index (χ3v) is 6.00. The molecule has 8 heteroatoms. The van der Waals surface area contributed by atoms with E-state index in [2.05, 4.69) is 0 Å². The molecule has 0 saturated carbocycles. The maximum Gasteiger partial charge on any atom is 0.350 e. The van der Waals surface area contributed by atoms with Crippen molar-refractivity contribution in [2.45, 2.75) is 51.7 Å². The number of phenols is 1. The van der Waals surface area contributed by atoms with Crippen LogP contribution in [0, 0.1) is 17.7 Å². The molecule has 2 unspecified atom stereocenters. The van der Waals surface area contributed by atoms with E-state index in [1.807, 2.05) is 13.8 Å². The van der Waals surface area contributed by atoms with Crippen molar-refractivity contribution in [3.8, 4) is 11.5 Å². The number of methoxy groups -OCH3 is 1. The molecule has 2 aromatic carbocycles. The van der Waals surface area contributed by atoms with Crippen molar-refractivity contribution in [1.29, 1.82) is 0 Å². The second-order valence-corrected chi connectivity index (χ2v) is 8.76. The van der Waals surface area contributed by atoms with E-state index in [1.165, 1.54) is 25.3 Å². The Morgan fingerprint density at radius 1 is 1.18 bits per heavy atom. The van der Waals surface area contributed by atoms with Gasteiger partial charge in [0, 0.05) is 24.3 Å². The number of hydrogen-bond acceptors (Lipinski definition) is 6. The molecular formula is C25H31FO7. The largest absolute Gasteiger partial charge is 0.508 e. The van der Waals surface area contributed by atoms with Gasteiger partial charge in [-0.05, 0) is 35.7 Å². The summed E-state index contributed by atoms with van der Waals surface area (Å²) in [5.74, 6) is -1.88. The first-order valence-corrected chi connectivity index (χ1v) is 10.7. The fraction of sp³-hybridized carbons (Fsp3) is 0.440. The minimum atomic E-state index is -1.93. The Balaban J connectivity index is 0.000000234. The predicted octanol–water partition coefficient (Wildman–Crippen LogP) is 3.73. The molecule has 0 aromatic heterocycles. The molecule has 0 saturated heterocycles. The highest BCUT2D eigenvalue weighted by molar-refractivity contribution is 5.82. The maximum absolute atomic E-state index is 13.3. The lowest BCUT2D eigenvalue weighted by atomic mass is 9.84. The molecule has 180 valence electrons. The highest BCUT2D eigenvalue weighted by atomic mass is 19.1. The Labute approximate surface area is 192 Å². The first kappa shape index (κ1) is 26.1. The van der Waals surface area contributed by atoms with Crippen molar-refractivity contribution in [2.24, 2.45) is 11.8 Å². The number of aromatic hydroxyl groups is 1. The zero-order valence-electron chi connectivity index (χ0n) is 19.5. The number of esters is 1. The Kier molecular flexibility index (Phi) is 8.08. The van der Waals surface area contributed by atoms with Gasteiger partial charge in [0.1, 0.15) is 17.3 Å². The summed E-state index contributed by atoms with van der Waals surface area (Å²) in [5, 5.41) is 28.4. The van der Waals surface area contributed by atoms with Gasteiger partial charge in [0.2, 0.25) is 5.60 Å². The van der Waals surface area contributed by atoms with E-state index in [0.29, 0.717) is 12.2 Å². The van der Waals surface area contributed by atoms with Crippen LogP contribution in [0.1, 0.15) is 38.8 Å². The van der Waals surface area contributed by atoms with Crippen LogP contribution in [0.4, 0.5) is 4.39 Å². The summed E-state index contributed by atoms with van der Waals surface area (Å²) >= 11 is 0. The van der Waals surface area contributed by atoms with E-state index in [-0.39, 0.29) is 29.6 Å². The smallest absolute Gasteiger partial charge is 0.350 e. The third-order valence-electron chi connectivity index (χ3n) is 6.00. The van der Waals surface area contributed by atoms with Gasteiger partial charge in [0.15, 0.2) is 5.60 Å². The Bertz CT molecular complexity index is 1000. The van der Waals surface area contributed by atoms with Crippen LogP contribution in [-0.2, 0) is 27.2 Å². The number of rotatable bonds is 6. The van der Waals surface area contributed by atoms with Gasteiger partial charge in [-0.2, -0.15) is 0 Å². The van der Waals surface area contributed by atoms with E-state index >= 15 is 0 Å². The summed E-state index contributed by atoms with van der Waals surface area (Å²) < 4.78 is 24.0. The van der Waals surface area contributed by atoms with Crippen molar-refractivity contribution >= 4 is 11.9 Å². The lowest BCUT2D eigenvalue weighted by molar-refractivity contribution is -0.163. The van der Waals surface area contributed by atoms with E-state index in [0.717, 1.165) is 5.56 Å². The maximum atomic E-state index is 13.3. The molecule has 0 radical (unpaired) electrons. The Morgan fingerprint density at radius 2 is 1.82 bits per heavy atom. The molecule has 0 amide bonds. The molecule has 3 rings (SSSR count). The summed E-state index contributed by atoms with van der Waals surface area (Å²) in [5.41, 5.74) is -1.85. The van der Waals surface area contributed by atoms with Crippen LogP contribution >= 0.6 is 0 Å². The molecular weight excluding hydrogens is 431 g/mol. The molecule has 0 spiro atoms. The fourth-order valence-electron chi connectivity index (χ4n) is 3.62. The SMILES string of the molecule is CC(C)C(O)(Cc1ccccc1F)C(=O)O.COC(=O)C1(C(C)C)Cc2cc(O)ccc2O1. The second-order valence-electron chi connectivity index (χ2n) is 8.76. The van der Waals surface area contributed by atoms with Crippen molar-refractivity contribution in [3.63, 3.8) is 0 Å². The van der Waals surface area contributed by atoms with E-state index in [4.69, 9.17) is 14.6 Å². The Morgan fingerprint density at radius 3 is 2.33 bits per heavy atom. The summed E-state index contributed by atoms with van der Waals surface area (Å²) in [7, 11) is 1.36. The van der Waals surface area contributed by atoms with Crippen LogP contribution in [-0.4, -0.2) is 45.6 Å². The van der Waals surface area contributed by atoms with Gasteiger partial charge in [-0.1, -0.05) is 45.9 Å². The van der Waals surface area contributed by atoms with Crippen molar-refractivity contribution in [3.05, 3.63) is 59.4 Å². The van der Waals surface area contributed by atoms with Gasteiger partial charge in [-0.15, -0.1) is 0 Å².